The first-order chi connectivity index (χ1) is 13.5. The molecule has 0 aromatic heterocycles. The van der Waals surface area contributed by atoms with E-state index in [2.05, 4.69) is 6.07 Å². The Kier molecular flexibility index (Phi) is 6.52. The second-order valence-electron chi connectivity index (χ2n) is 6.22. The van der Waals surface area contributed by atoms with Crippen LogP contribution in [0, 0.1) is 22.7 Å². The van der Waals surface area contributed by atoms with Crippen molar-refractivity contribution >= 4 is 11.8 Å². The number of carbonyl (C=O) groups is 2. The first-order valence-corrected chi connectivity index (χ1v) is 9.02. The molecule has 6 nitrogen and oxygen atoms in total. The van der Waals surface area contributed by atoms with Gasteiger partial charge in [-0.25, -0.2) is 0 Å². The fraction of sp³-hybridized carbons (Fsp3) is 0.273. The van der Waals surface area contributed by atoms with Gasteiger partial charge in [0.2, 0.25) is 0 Å². The Hall–Kier alpha value is -3.64. The summed E-state index contributed by atoms with van der Waals surface area (Å²) in [4.78, 5) is 26.3. The molecule has 0 saturated heterocycles. The van der Waals surface area contributed by atoms with Crippen LogP contribution >= 0.6 is 0 Å². The van der Waals surface area contributed by atoms with Gasteiger partial charge in [0.15, 0.2) is 0 Å². The van der Waals surface area contributed by atoms with E-state index in [4.69, 9.17) is 10.5 Å². The number of nitriles is 2. The highest BCUT2D eigenvalue weighted by molar-refractivity contribution is 6.00. The quantitative estimate of drug-likeness (QED) is 0.708. The zero-order valence-corrected chi connectivity index (χ0v) is 16.5. The van der Waals surface area contributed by atoms with Gasteiger partial charge in [-0.05, 0) is 23.8 Å². The summed E-state index contributed by atoms with van der Waals surface area (Å²) in [5, 5.41) is 17.6. The molecule has 0 radical (unpaired) electrons. The Morgan fingerprint density at radius 2 is 1.39 bits per heavy atom. The van der Waals surface area contributed by atoms with Crippen LogP contribution in [-0.4, -0.2) is 35.7 Å². The average Bonchev–Trinajstić information content (AvgIpc) is 3.19. The molecule has 2 aliphatic heterocycles. The lowest BCUT2D eigenvalue weighted by molar-refractivity contribution is 0.0809. The SMILES string of the molecule is CC.CN1Cc2c(C#N)cccc2C1=O.CN1Cc2cccc(C#N)c2C1=O. The van der Waals surface area contributed by atoms with Crippen molar-refractivity contribution in [2.45, 2.75) is 26.9 Å². The van der Waals surface area contributed by atoms with Gasteiger partial charge in [0.05, 0.1) is 28.8 Å². The number of rotatable bonds is 0. The summed E-state index contributed by atoms with van der Waals surface area (Å²) in [5.41, 5.74) is 4.14. The van der Waals surface area contributed by atoms with E-state index in [1.165, 1.54) is 0 Å². The molecule has 0 N–H and O–H groups in total. The van der Waals surface area contributed by atoms with Gasteiger partial charge >= 0.3 is 0 Å². The molecule has 2 aromatic carbocycles. The van der Waals surface area contributed by atoms with Crippen molar-refractivity contribution in [1.29, 1.82) is 10.5 Å². The van der Waals surface area contributed by atoms with E-state index in [-0.39, 0.29) is 11.8 Å². The molecule has 0 atom stereocenters. The molecule has 28 heavy (non-hydrogen) atoms. The monoisotopic (exact) mass is 374 g/mol. The van der Waals surface area contributed by atoms with Crippen LogP contribution in [0.1, 0.15) is 56.8 Å². The van der Waals surface area contributed by atoms with Gasteiger partial charge < -0.3 is 9.80 Å². The molecule has 0 unspecified atom stereocenters. The first-order valence-electron chi connectivity index (χ1n) is 9.02. The molecule has 2 heterocycles. The van der Waals surface area contributed by atoms with Crippen molar-refractivity contribution in [3.05, 3.63) is 69.8 Å². The van der Waals surface area contributed by atoms with Crippen LogP contribution in [0.5, 0.6) is 0 Å². The van der Waals surface area contributed by atoms with E-state index in [1.54, 1.807) is 48.2 Å². The number of benzene rings is 2. The minimum Gasteiger partial charge on any atom is -0.337 e. The Labute approximate surface area is 165 Å². The average molecular weight is 374 g/mol. The number of amides is 2. The molecule has 0 aliphatic carbocycles. The largest absolute Gasteiger partial charge is 0.337 e. The Balaban J connectivity index is 0.000000184. The number of hydrogen-bond donors (Lipinski definition) is 0. The lowest BCUT2D eigenvalue weighted by atomic mass is 10.0. The summed E-state index contributed by atoms with van der Waals surface area (Å²) in [6.07, 6.45) is 0. The summed E-state index contributed by atoms with van der Waals surface area (Å²) in [6.45, 7) is 5.17. The molecular formula is C22H22N4O2. The molecule has 2 amide bonds. The molecule has 0 spiro atoms. The van der Waals surface area contributed by atoms with Gasteiger partial charge in [-0.1, -0.05) is 32.0 Å². The first kappa shape index (κ1) is 20.7. The summed E-state index contributed by atoms with van der Waals surface area (Å²) < 4.78 is 0. The van der Waals surface area contributed by atoms with Crippen LogP contribution in [-0.2, 0) is 13.1 Å². The van der Waals surface area contributed by atoms with E-state index in [1.807, 2.05) is 32.0 Å². The minimum absolute atomic E-state index is 0.00657. The predicted octanol–water partition coefficient (Wildman–Crippen LogP) is 3.31. The van der Waals surface area contributed by atoms with E-state index < -0.39 is 0 Å². The van der Waals surface area contributed by atoms with E-state index in [0.29, 0.717) is 35.3 Å². The topological polar surface area (TPSA) is 88.2 Å². The standard InChI is InChI=1S/2C10H8N2O.C2H6/c1-12-6-9-7(5-11)3-2-4-8(9)10(12)13;1-12-6-8-4-2-3-7(5-11)9(8)10(12)13;1-2/h2*2-4H,6H2,1H3;1-2H3. The van der Waals surface area contributed by atoms with Crippen LogP contribution < -0.4 is 0 Å². The Morgan fingerprint density at radius 1 is 0.821 bits per heavy atom. The highest BCUT2D eigenvalue weighted by Gasteiger charge is 2.27. The number of nitrogens with zero attached hydrogens (tertiary/aromatic N) is 4. The molecule has 2 aromatic rings. The number of fused-ring (bicyclic) bond motifs is 2. The van der Waals surface area contributed by atoms with Crippen LogP contribution in [0.15, 0.2) is 36.4 Å². The van der Waals surface area contributed by atoms with Gasteiger partial charge in [0.1, 0.15) is 0 Å². The van der Waals surface area contributed by atoms with Gasteiger partial charge in [-0.2, -0.15) is 10.5 Å². The Morgan fingerprint density at radius 3 is 2.04 bits per heavy atom. The van der Waals surface area contributed by atoms with Gasteiger partial charge in [0, 0.05) is 38.3 Å². The summed E-state index contributed by atoms with van der Waals surface area (Å²) in [6, 6.07) is 14.7. The van der Waals surface area contributed by atoms with Crippen molar-refractivity contribution in [2.75, 3.05) is 14.1 Å². The molecule has 2 aliphatic rings. The molecule has 4 rings (SSSR count). The van der Waals surface area contributed by atoms with E-state index >= 15 is 0 Å². The fourth-order valence-corrected chi connectivity index (χ4v) is 3.17. The number of carbonyl (C=O) groups excluding carboxylic acids is 2. The third-order valence-corrected chi connectivity index (χ3v) is 4.51. The second-order valence-corrected chi connectivity index (χ2v) is 6.22. The minimum atomic E-state index is -0.0489. The van der Waals surface area contributed by atoms with Crippen LogP contribution in [0.4, 0.5) is 0 Å². The highest BCUT2D eigenvalue weighted by Crippen LogP contribution is 2.24. The van der Waals surface area contributed by atoms with Gasteiger partial charge in [-0.15, -0.1) is 0 Å². The molecule has 0 fully saturated rings. The van der Waals surface area contributed by atoms with Crippen LogP contribution in [0.3, 0.4) is 0 Å². The third kappa shape index (κ3) is 3.72. The Bertz CT molecular complexity index is 999. The van der Waals surface area contributed by atoms with E-state index in [0.717, 1.165) is 11.1 Å². The maximum atomic E-state index is 11.6. The van der Waals surface area contributed by atoms with Crippen LogP contribution in [0.25, 0.3) is 0 Å². The van der Waals surface area contributed by atoms with Crippen molar-refractivity contribution < 1.29 is 9.59 Å². The third-order valence-electron chi connectivity index (χ3n) is 4.51. The van der Waals surface area contributed by atoms with Crippen LogP contribution in [0.2, 0.25) is 0 Å². The smallest absolute Gasteiger partial charge is 0.255 e. The molecule has 0 bridgehead atoms. The lowest BCUT2D eigenvalue weighted by Crippen LogP contribution is -2.18. The van der Waals surface area contributed by atoms with E-state index in [9.17, 15) is 9.59 Å². The van der Waals surface area contributed by atoms with Gasteiger partial charge in [0.25, 0.3) is 11.8 Å². The summed E-state index contributed by atoms with van der Waals surface area (Å²) in [5.74, 6) is -0.0424. The van der Waals surface area contributed by atoms with Gasteiger partial charge in [-0.3, -0.25) is 9.59 Å². The molecular weight excluding hydrogens is 352 g/mol. The maximum absolute atomic E-state index is 11.6. The molecule has 0 saturated carbocycles. The lowest BCUT2D eigenvalue weighted by Gasteiger charge is -2.04. The zero-order chi connectivity index (χ0) is 20.8. The zero-order valence-electron chi connectivity index (χ0n) is 16.5. The van der Waals surface area contributed by atoms with Crippen molar-refractivity contribution in [2.24, 2.45) is 0 Å². The molecule has 6 heteroatoms. The second kappa shape index (κ2) is 8.83. The highest BCUT2D eigenvalue weighted by atomic mass is 16.2. The predicted molar refractivity (Wildman–Crippen MR) is 105 cm³/mol. The summed E-state index contributed by atoms with van der Waals surface area (Å²) >= 11 is 0. The van der Waals surface area contributed by atoms with Crippen molar-refractivity contribution in [1.82, 2.24) is 9.80 Å². The van der Waals surface area contributed by atoms with Crippen molar-refractivity contribution in [3.63, 3.8) is 0 Å². The normalized spacial score (nSPS) is 13.4. The summed E-state index contributed by atoms with van der Waals surface area (Å²) in [7, 11) is 3.48. The number of hydrogen-bond acceptors (Lipinski definition) is 4. The fourth-order valence-electron chi connectivity index (χ4n) is 3.17. The maximum Gasteiger partial charge on any atom is 0.255 e. The molecule has 142 valence electrons. The van der Waals surface area contributed by atoms with Crippen molar-refractivity contribution in [3.8, 4) is 12.1 Å².